The molecule has 0 radical (unpaired) electrons. The molecule has 1 heterocycles. The number of nitrogens with one attached hydrogen (secondary N) is 1. The van der Waals surface area contributed by atoms with Crippen LogP contribution in [0.1, 0.15) is 27.2 Å². The minimum atomic E-state index is -0.135. The molecule has 23 heavy (non-hydrogen) atoms. The van der Waals surface area contributed by atoms with Gasteiger partial charge in [0.1, 0.15) is 5.76 Å². The van der Waals surface area contributed by atoms with E-state index in [4.69, 9.17) is 4.42 Å². The maximum Gasteiger partial charge on any atom is 0.251 e. The van der Waals surface area contributed by atoms with Gasteiger partial charge in [0.2, 0.25) is 0 Å². The predicted octanol–water partition coefficient (Wildman–Crippen LogP) is 3.61. The van der Waals surface area contributed by atoms with Crippen LogP contribution in [0.5, 0.6) is 0 Å². The Morgan fingerprint density at radius 2 is 1.57 bits per heavy atom. The number of carbonyl (C=O) groups excluding carboxylic acids is 1. The first-order valence-corrected chi connectivity index (χ1v) is 7.29. The fraction of sp³-hybridized carbons (Fsp3) is 0.0500. The van der Waals surface area contributed by atoms with Crippen LogP contribution < -0.4 is 5.32 Å². The Balaban J connectivity index is 1.63. The van der Waals surface area contributed by atoms with E-state index in [1.54, 1.807) is 24.5 Å². The molecule has 0 aliphatic rings. The number of furan rings is 1. The standard InChI is InChI=1S/C20H15NO2/c22-20(21-15-19-7-4-14-23-19)18-12-10-17(11-13-18)9-8-16-5-2-1-3-6-16/h1-7,10-14H,15H2,(H,21,22). The van der Waals surface area contributed by atoms with Crippen molar-refractivity contribution in [3.63, 3.8) is 0 Å². The average molecular weight is 301 g/mol. The Bertz CT molecular complexity index is 823. The zero-order chi connectivity index (χ0) is 15.9. The highest BCUT2D eigenvalue weighted by Crippen LogP contribution is 2.05. The molecule has 1 amide bonds. The SMILES string of the molecule is O=C(NCc1ccco1)c1ccc(C#Cc2ccccc2)cc1. The molecule has 0 unspecified atom stereocenters. The van der Waals surface area contributed by atoms with Crippen molar-refractivity contribution in [3.05, 3.63) is 95.4 Å². The molecule has 0 bridgehead atoms. The van der Waals surface area contributed by atoms with Crippen LogP contribution in [0.3, 0.4) is 0 Å². The molecular weight excluding hydrogens is 286 g/mol. The molecule has 3 heteroatoms. The molecule has 3 aromatic rings. The second-order valence-electron chi connectivity index (χ2n) is 4.96. The summed E-state index contributed by atoms with van der Waals surface area (Å²) in [6.07, 6.45) is 1.59. The Kier molecular flexibility index (Phi) is 4.56. The number of hydrogen-bond donors (Lipinski definition) is 1. The summed E-state index contributed by atoms with van der Waals surface area (Å²) in [7, 11) is 0. The van der Waals surface area contributed by atoms with Gasteiger partial charge in [-0.15, -0.1) is 0 Å². The van der Waals surface area contributed by atoms with Gasteiger partial charge in [0.25, 0.3) is 5.91 Å². The number of carbonyl (C=O) groups is 1. The Morgan fingerprint density at radius 1 is 0.870 bits per heavy atom. The molecule has 0 atom stereocenters. The lowest BCUT2D eigenvalue weighted by Gasteiger charge is -2.03. The number of benzene rings is 2. The van der Waals surface area contributed by atoms with Gasteiger partial charge >= 0.3 is 0 Å². The van der Waals surface area contributed by atoms with E-state index in [2.05, 4.69) is 17.2 Å². The van der Waals surface area contributed by atoms with Gasteiger partial charge in [0.15, 0.2) is 0 Å². The van der Waals surface area contributed by atoms with Crippen molar-refractivity contribution >= 4 is 5.91 Å². The maximum absolute atomic E-state index is 12.0. The topological polar surface area (TPSA) is 42.2 Å². The van der Waals surface area contributed by atoms with E-state index in [1.807, 2.05) is 48.5 Å². The van der Waals surface area contributed by atoms with Gasteiger partial charge in [-0.2, -0.15) is 0 Å². The highest BCUT2D eigenvalue weighted by molar-refractivity contribution is 5.94. The Labute approximate surface area is 135 Å². The first-order valence-electron chi connectivity index (χ1n) is 7.29. The van der Waals surface area contributed by atoms with Gasteiger partial charge in [0, 0.05) is 16.7 Å². The van der Waals surface area contributed by atoms with E-state index in [0.29, 0.717) is 12.1 Å². The molecule has 0 aliphatic carbocycles. The molecule has 0 aliphatic heterocycles. The van der Waals surface area contributed by atoms with Crippen LogP contribution in [0.4, 0.5) is 0 Å². The normalized spacial score (nSPS) is 9.74. The molecule has 0 spiro atoms. The fourth-order valence-electron chi connectivity index (χ4n) is 2.05. The predicted molar refractivity (Wildman–Crippen MR) is 88.7 cm³/mol. The van der Waals surface area contributed by atoms with Gasteiger partial charge in [-0.3, -0.25) is 4.79 Å². The monoisotopic (exact) mass is 301 g/mol. The van der Waals surface area contributed by atoms with Crippen molar-refractivity contribution in [2.45, 2.75) is 6.54 Å². The van der Waals surface area contributed by atoms with Crippen LogP contribution in [-0.2, 0) is 6.54 Å². The number of hydrogen-bond acceptors (Lipinski definition) is 2. The lowest BCUT2D eigenvalue weighted by atomic mass is 10.1. The minimum Gasteiger partial charge on any atom is -0.467 e. The van der Waals surface area contributed by atoms with Gasteiger partial charge in [-0.25, -0.2) is 0 Å². The molecule has 3 rings (SSSR count). The lowest BCUT2D eigenvalue weighted by Crippen LogP contribution is -2.22. The summed E-state index contributed by atoms with van der Waals surface area (Å²) in [5.41, 5.74) is 2.44. The van der Waals surface area contributed by atoms with Gasteiger partial charge in [-0.05, 0) is 48.5 Å². The zero-order valence-corrected chi connectivity index (χ0v) is 12.5. The summed E-state index contributed by atoms with van der Waals surface area (Å²) in [5.74, 6) is 6.77. The molecule has 1 N–H and O–H groups in total. The highest BCUT2D eigenvalue weighted by Gasteiger charge is 2.05. The second-order valence-corrected chi connectivity index (χ2v) is 4.96. The summed E-state index contributed by atoms with van der Waals surface area (Å²) in [4.78, 5) is 12.0. The van der Waals surface area contributed by atoms with E-state index in [9.17, 15) is 4.79 Å². The summed E-state index contributed by atoms with van der Waals surface area (Å²) in [5, 5.41) is 2.81. The van der Waals surface area contributed by atoms with Crippen LogP contribution >= 0.6 is 0 Å². The van der Waals surface area contributed by atoms with E-state index < -0.39 is 0 Å². The smallest absolute Gasteiger partial charge is 0.251 e. The second kappa shape index (κ2) is 7.15. The third-order valence-electron chi connectivity index (χ3n) is 3.28. The van der Waals surface area contributed by atoms with Crippen molar-refractivity contribution in [2.75, 3.05) is 0 Å². The third-order valence-corrected chi connectivity index (χ3v) is 3.28. The molecule has 2 aromatic carbocycles. The number of rotatable bonds is 3. The fourth-order valence-corrected chi connectivity index (χ4v) is 2.05. The van der Waals surface area contributed by atoms with Crippen LogP contribution in [-0.4, -0.2) is 5.91 Å². The molecule has 3 nitrogen and oxygen atoms in total. The van der Waals surface area contributed by atoms with E-state index in [-0.39, 0.29) is 5.91 Å². The molecular formula is C20H15NO2. The highest BCUT2D eigenvalue weighted by atomic mass is 16.3. The summed E-state index contributed by atoms with van der Waals surface area (Å²) < 4.78 is 5.18. The van der Waals surface area contributed by atoms with E-state index in [1.165, 1.54) is 0 Å². The van der Waals surface area contributed by atoms with E-state index >= 15 is 0 Å². The molecule has 112 valence electrons. The van der Waals surface area contributed by atoms with Gasteiger partial charge in [-0.1, -0.05) is 30.0 Å². The van der Waals surface area contributed by atoms with Crippen molar-refractivity contribution in [1.29, 1.82) is 0 Å². The van der Waals surface area contributed by atoms with Gasteiger partial charge in [0.05, 0.1) is 12.8 Å². The minimum absolute atomic E-state index is 0.135. The first kappa shape index (κ1) is 14.7. The van der Waals surface area contributed by atoms with Crippen LogP contribution in [0.25, 0.3) is 0 Å². The largest absolute Gasteiger partial charge is 0.467 e. The first-order chi connectivity index (χ1) is 11.3. The molecule has 0 saturated heterocycles. The molecule has 1 aromatic heterocycles. The van der Waals surface area contributed by atoms with Crippen molar-refractivity contribution in [1.82, 2.24) is 5.32 Å². The third kappa shape index (κ3) is 4.12. The average Bonchev–Trinajstić information content (AvgIpc) is 3.13. The molecule has 0 saturated carbocycles. The van der Waals surface area contributed by atoms with Crippen LogP contribution in [0, 0.1) is 11.8 Å². The van der Waals surface area contributed by atoms with Crippen LogP contribution in [0.2, 0.25) is 0 Å². The zero-order valence-electron chi connectivity index (χ0n) is 12.5. The van der Waals surface area contributed by atoms with Crippen molar-refractivity contribution < 1.29 is 9.21 Å². The summed E-state index contributed by atoms with van der Waals surface area (Å²) in [6, 6.07) is 20.6. The van der Waals surface area contributed by atoms with Crippen molar-refractivity contribution in [2.24, 2.45) is 0 Å². The van der Waals surface area contributed by atoms with E-state index in [0.717, 1.165) is 16.9 Å². The Hall–Kier alpha value is -3.25. The maximum atomic E-state index is 12.0. The Morgan fingerprint density at radius 3 is 2.22 bits per heavy atom. The number of amides is 1. The summed E-state index contributed by atoms with van der Waals surface area (Å²) in [6.45, 7) is 0.376. The van der Waals surface area contributed by atoms with Crippen molar-refractivity contribution in [3.8, 4) is 11.8 Å². The van der Waals surface area contributed by atoms with Crippen LogP contribution in [0.15, 0.2) is 77.4 Å². The van der Waals surface area contributed by atoms with Gasteiger partial charge < -0.3 is 9.73 Å². The summed E-state index contributed by atoms with van der Waals surface area (Å²) >= 11 is 0. The quantitative estimate of drug-likeness (QED) is 0.751. The lowest BCUT2D eigenvalue weighted by molar-refractivity contribution is 0.0948. The molecule has 0 fully saturated rings.